The molecule has 3 heterocycles. The van der Waals surface area contributed by atoms with E-state index in [-0.39, 0.29) is 11.1 Å². The smallest absolute Gasteiger partial charge is 0.327 e. The number of rotatable bonds is 4. The summed E-state index contributed by atoms with van der Waals surface area (Å²) >= 11 is 10.0. The molecule has 0 aliphatic carbocycles. The van der Waals surface area contributed by atoms with Crippen LogP contribution in [0.4, 0.5) is 0 Å². The van der Waals surface area contributed by atoms with Crippen molar-refractivity contribution in [3.8, 4) is 11.1 Å². The Labute approximate surface area is 169 Å². The molecule has 0 amide bonds. The predicted octanol–water partition coefficient (Wildman–Crippen LogP) is 3.23. The van der Waals surface area contributed by atoms with Gasteiger partial charge in [0.25, 0.3) is 5.56 Å². The number of carboxylic acids is 1. The Morgan fingerprint density at radius 1 is 1.29 bits per heavy atom. The van der Waals surface area contributed by atoms with Crippen molar-refractivity contribution in [2.24, 2.45) is 0 Å². The lowest BCUT2D eigenvalue weighted by atomic mass is 10.1. The van der Waals surface area contributed by atoms with Crippen molar-refractivity contribution < 1.29 is 9.90 Å². The predicted molar refractivity (Wildman–Crippen MR) is 110 cm³/mol. The van der Waals surface area contributed by atoms with Crippen LogP contribution in [0.1, 0.15) is 11.7 Å². The summed E-state index contributed by atoms with van der Waals surface area (Å²) in [7, 11) is 0. The zero-order valence-electron chi connectivity index (χ0n) is 14.7. The van der Waals surface area contributed by atoms with Gasteiger partial charge in [-0.2, -0.15) is 17.7 Å². The topological polar surface area (TPSA) is 89.5 Å². The Morgan fingerprint density at radius 3 is 2.64 bits per heavy atom. The lowest BCUT2D eigenvalue weighted by Crippen LogP contribution is -2.31. The van der Waals surface area contributed by atoms with Crippen LogP contribution in [0.3, 0.4) is 0 Å². The lowest BCUT2D eigenvalue weighted by molar-refractivity contribution is -0.140. The van der Waals surface area contributed by atoms with Crippen molar-refractivity contribution in [3.05, 3.63) is 63.8 Å². The molecule has 0 saturated heterocycles. The first-order valence-corrected chi connectivity index (χ1v) is 9.42. The fourth-order valence-corrected chi connectivity index (χ4v) is 3.73. The van der Waals surface area contributed by atoms with Crippen LogP contribution in [0.25, 0.3) is 27.7 Å². The van der Waals surface area contributed by atoms with Gasteiger partial charge in [-0.15, -0.1) is 0 Å². The summed E-state index contributed by atoms with van der Waals surface area (Å²) < 4.78 is 2.76. The summed E-state index contributed by atoms with van der Waals surface area (Å²) in [5, 5.41) is 14.8. The van der Waals surface area contributed by atoms with E-state index in [9.17, 15) is 14.7 Å². The highest BCUT2D eigenvalue weighted by Gasteiger charge is 2.21. The van der Waals surface area contributed by atoms with Crippen molar-refractivity contribution >= 4 is 46.7 Å². The van der Waals surface area contributed by atoms with Crippen LogP contribution in [0.2, 0.25) is 5.02 Å². The number of benzene rings is 1. The fraction of sp³-hybridized carbons (Fsp3) is 0.158. The molecule has 0 aliphatic heterocycles. The number of fused-ring (bicyclic) bond motifs is 3. The molecule has 3 aromatic heterocycles. The number of hydrogen-bond donors (Lipinski definition) is 2. The second-order valence-corrected chi connectivity index (χ2v) is 7.13. The number of pyridine rings is 1. The largest absolute Gasteiger partial charge is 0.480 e. The third-order valence-electron chi connectivity index (χ3n) is 4.64. The number of carboxylic acid groups (broad SMARTS) is 1. The van der Waals surface area contributed by atoms with E-state index in [1.54, 1.807) is 22.7 Å². The highest BCUT2D eigenvalue weighted by atomic mass is 35.5. The molecule has 0 bridgehead atoms. The minimum absolute atomic E-state index is 0.00197. The molecule has 142 valence electrons. The Hall–Kier alpha value is -2.84. The Balaban J connectivity index is 1.98. The van der Waals surface area contributed by atoms with Crippen LogP contribution >= 0.6 is 24.2 Å². The Kier molecular flexibility index (Phi) is 4.60. The molecule has 0 spiro atoms. The summed E-state index contributed by atoms with van der Waals surface area (Å²) in [4.78, 5) is 28.7. The van der Waals surface area contributed by atoms with Crippen molar-refractivity contribution in [2.45, 2.75) is 13.0 Å². The van der Waals surface area contributed by atoms with Crippen LogP contribution in [0.15, 0.2) is 47.5 Å². The van der Waals surface area contributed by atoms with Gasteiger partial charge in [0.05, 0.1) is 16.6 Å². The van der Waals surface area contributed by atoms with E-state index in [0.29, 0.717) is 16.2 Å². The number of aryl methyl sites for hydroxylation is 1. The fourth-order valence-electron chi connectivity index (χ4n) is 3.28. The van der Waals surface area contributed by atoms with Crippen LogP contribution in [-0.4, -0.2) is 36.0 Å². The summed E-state index contributed by atoms with van der Waals surface area (Å²) in [5.74, 6) is -1.12. The van der Waals surface area contributed by atoms with Gasteiger partial charge >= 0.3 is 5.97 Å². The van der Waals surface area contributed by atoms with Crippen LogP contribution < -0.4 is 5.56 Å². The SMILES string of the molecule is Cc1nn2c(ncc3c(=O)n([C@@H](CS)C(=O)O)ccc32)c1-c1ccc(Cl)cc1. The molecule has 4 aromatic rings. The summed E-state index contributed by atoms with van der Waals surface area (Å²) in [5.41, 5.74) is 3.23. The zero-order valence-corrected chi connectivity index (χ0v) is 16.4. The molecule has 28 heavy (non-hydrogen) atoms. The van der Waals surface area contributed by atoms with Crippen LogP contribution in [0, 0.1) is 6.92 Å². The first-order chi connectivity index (χ1) is 13.4. The highest BCUT2D eigenvalue weighted by molar-refractivity contribution is 7.80. The molecular weight excluding hydrogens is 400 g/mol. The van der Waals surface area contributed by atoms with E-state index in [0.717, 1.165) is 21.4 Å². The molecule has 1 atom stereocenters. The van der Waals surface area contributed by atoms with E-state index in [1.165, 1.54) is 12.4 Å². The molecule has 0 radical (unpaired) electrons. The van der Waals surface area contributed by atoms with E-state index in [1.807, 2.05) is 19.1 Å². The van der Waals surface area contributed by atoms with Gasteiger partial charge in [-0.25, -0.2) is 14.3 Å². The standard InChI is InChI=1S/C19H15ClN4O3S/c1-10-16(11-2-4-12(20)5-3-11)17-21-8-13-14(24(17)22-10)6-7-23(18(13)25)15(9-28)19(26)27/h2-8,15,28H,9H2,1H3,(H,26,27)/t15-/m0/s1. The highest BCUT2D eigenvalue weighted by Crippen LogP contribution is 2.29. The van der Waals surface area contributed by atoms with Gasteiger partial charge in [0.15, 0.2) is 5.65 Å². The summed E-state index contributed by atoms with van der Waals surface area (Å²) in [6.07, 6.45) is 2.92. The number of carbonyl (C=O) groups is 1. The van der Waals surface area contributed by atoms with Gasteiger partial charge in [-0.05, 0) is 30.7 Å². The van der Waals surface area contributed by atoms with E-state index in [4.69, 9.17) is 11.6 Å². The first kappa shape index (κ1) is 18.5. The first-order valence-electron chi connectivity index (χ1n) is 8.41. The average Bonchev–Trinajstić information content (AvgIpc) is 3.01. The van der Waals surface area contributed by atoms with Crippen LogP contribution in [0.5, 0.6) is 0 Å². The summed E-state index contributed by atoms with van der Waals surface area (Å²) in [6, 6.07) is 7.98. The molecule has 9 heteroatoms. The average molecular weight is 415 g/mol. The quantitative estimate of drug-likeness (QED) is 0.500. The number of aromatic nitrogens is 4. The molecular formula is C19H15ClN4O3S. The Bertz CT molecular complexity index is 1280. The molecule has 0 saturated carbocycles. The third kappa shape index (κ3) is 2.85. The van der Waals surface area contributed by atoms with Gasteiger partial charge in [-0.3, -0.25) is 9.36 Å². The second kappa shape index (κ2) is 6.96. The van der Waals surface area contributed by atoms with Gasteiger partial charge in [0, 0.05) is 28.7 Å². The molecule has 0 unspecified atom stereocenters. The Morgan fingerprint density at radius 2 is 2.00 bits per heavy atom. The number of nitrogens with zero attached hydrogens (tertiary/aromatic N) is 4. The molecule has 1 N–H and O–H groups in total. The maximum Gasteiger partial charge on any atom is 0.327 e. The van der Waals surface area contributed by atoms with E-state index < -0.39 is 17.6 Å². The van der Waals surface area contributed by atoms with Crippen LogP contribution in [-0.2, 0) is 4.79 Å². The van der Waals surface area contributed by atoms with Gasteiger partial charge in [-0.1, -0.05) is 23.7 Å². The molecule has 7 nitrogen and oxygen atoms in total. The van der Waals surface area contributed by atoms with E-state index in [2.05, 4.69) is 22.7 Å². The monoisotopic (exact) mass is 414 g/mol. The van der Waals surface area contributed by atoms with E-state index >= 15 is 0 Å². The molecule has 4 rings (SSSR count). The summed E-state index contributed by atoms with van der Waals surface area (Å²) in [6.45, 7) is 1.87. The van der Waals surface area contributed by atoms with Crippen molar-refractivity contribution in [1.29, 1.82) is 0 Å². The van der Waals surface area contributed by atoms with Crippen molar-refractivity contribution in [1.82, 2.24) is 19.2 Å². The normalized spacial score (nSPS) is 12.5. The van der Waals surface area contributed by atoms with Gasteiger partial charge < -0.3 is 5.11 Å². The number of aliphatic carboxylic acids is 1. The maximum absolute atomic E-state index is 12.8. The van der Waals surface area contributed by atoms with Gasteiger partial charge in [0.2, 0.25) is 0 Å². The van der Waals surface area contributed by atoms with Gasteiger partial charge in [0.1, 0.15) is 6.04 Å². The zero-order chi connectivity index (χ0) is 20.0. The number of halogens is 1. The minimum atomic E-state index is -1.12. The number of thiol groups is 1. The third-order valence-corrected chi connectivity index (χ3v) is 5.24. The second-order valence-electron chi connectivity index (χ2n) is 6.32. The molecule has 1 aromatic carbocycles. The lowest BCUT2D eigenvalue weighted by Gasteiger charge is -2.14. The maximum atomic E-state index is 12.8. The minimum Gasteiger partial charge on any atom is -0.480 e. The molecule has 0 fully saturated rings. The number of hydrogen-bond acceptors (Lipinski definition) is 5. The van der Waals surface area contributed by atoms with Crippen molar-refractivity contribution in [3.63, 3.8) is 0 Å². The van der Waals surface area contributed by atoms with Crippen molar-refractivity contribution in [2.75, 3.05) is 5.75 Å². The molecule has 0 aliphatic rings.